The average Bonchev–Trinajstić information content (AvgIpc) is 1.89. The maximum absolute atomic E-state index is 8.36. The molecule has 2 nitrogen and oxygen atoms in total. The fourth-order valence-corrected chi connectivity index (χ4v) is 1.95. The largest absolute Gasteiger partial charge is 0.395 e. The van der Waals surface area contributed by atoms with Gasteiger partial charge < -0.3 is 9.84 Å². The summed E-state index contributed by atoms with van der Waals surface area (Å²) in [5.74, 6) is 1.82. The number of aliphatic hydroxyl groups excluding tert-OH is 1. The van der Waals surface area contributed by atoms with Crippen LogP contribution in [0.2, 0.25) is 0 Å². The molecule has 0 amide bonds. The SMILES string of the molecule is COCCSSCCO. The van der Waals surface area contributed by atoms with Gasteiger partial charge in [0, 0.05) is 18.6 Å². The van der Waals surface area contributed by atoms with Crippen molar-refractivity contribution in [3.8, 4) is 0 Å². The van der Waals surface area contributed by atoms with Gasteiger partial charge in [0.15, 0.2) is 0 Å². The van der Waals surface area contributed by atoms with Crippen molar-refractivity contribution in [3.05, 3.63) is 0 Å². The van der Waals surface area contributed by atoms with E-state index in [2.05, 4.69) is 0 Å². The number of hydrogen-bond acceptors (Lipinski definition) is 4. The van der Waals surface area contributed by atoms with E-state index < -0.39 is 0 Å². The van der Waals surface area contributed by atoms with E-state index in [1.165, 1.54) is 0 Å². The monoisotopic (exact) mass is 168 g/mol. The molecule has 0 atom stereocenters. The minimum Gasteiger partial charge on any atom is -0.395 e. The van der Waals surface area contributed by atoms with Gasteiger partial charge in [0.1, 0.15) is 0 Å². The van der Waals surface area contributed by atoms with Crippen molar-refractivity contribution in [1.29, 1.82) is 0 Å². The molecule has 0 aromatic rings. The molecule has 0 fully saturated rings. The fraction of sp³-hybridized carbons (Fsp3) is 1.00. The second-order valence-electron chi connectivity index (χ2n) is 1.36. The van der Waals surface area contributed by atoms with Gasteiger partial charge in [-0.3, -0.25) is 0 Å². The number of rotatable bonds is 6. The molecule has 0 aliphatic rings. The Bertz CT molecular complexity index is 46.2. The fourth-order valence-electron chi connectivity index (χ4n) is 0.272. The van der Waals surface area contributed by atoms with Crippen LogP contribution < -0.4 is 0 Å². The maximum atomic E-state index is 8.36. The first-order valence-corrected chi connectivity index (χ1v) is 5.25. The number of hydrogen-bond donors (Lipinski definition) is 1. The van der Waals surface area contributed by atoms with E-state index >= 15 is 0 Å². The van der Waals surface area contributed by atoms with Crippen molar-refractivity contribution in [1.82, 2.24) is 0 Å². The zero-order valence-corrected chi connectivity index (χ0v) is 7.13. The molecule has 9 heavy (non-hydrogen) atoms. The lowest BCUT2D eigenvalue weighted by atomic mass is 10.9. The van der Waals surface area contributed by atoms with Crippen LogP contribution in [-0.4, -0.2) is 36.9 Å². The first kappa shape index (κ1) is 9.62. The topological polar surface area (TPSA) is 29.5 Å². The third-order valence-electron chi connectivity index (χ3n) is 0.629. The van der Waals surface area contributed by atoms with E-state index in [1.54, 1.807) is 28.7 Å². The molecule has 0 aromatic heterocycles. The van der Waals surface area contributed by atoms with Crippen LogP contribution in [0, 0.1) is 0 Å². The van der Waals surface area contributed by atoms with E-state index in [0.717, 1.165) is 18.1 Å². The first-order chi connectivity index (χ1) is 4.41. The molecule has 0 spiro atoms. The van der Waals surface area contributed by atoms with E-state index in [0.29, 0.717) is 0 Å². The Morgan fingerprint density at radius 1 is 1.33 bits per heavy atom. The first-order valence-electron chi connectivity index (χ1n) is 2.76. The quantitative estimate of drug-likeness (QED) is 0.473. The summed E-state index contributed by atoms with van der Waals surface area (Å²) >= 11 is 0. The highest BCUT2D eigenvalue weighted by atomic mass is 33.1. The summed E-state index contributed by atoms with van der Waals surface area (Å²) in [5.41, 5.74) is 0. The Morgan fingerprint density at radius 2 is 2.00 bits per heavy atom. The van der Waals surface area contributed by atoms with Crippen molar-refractivity contribution < 1.29 is 9.84 Å². The summed E-state index contributed by atoms with van der Waals surface area (Å²) in [5, 5.41) is 8.36. The summed E-state index contributed by atoms with van der Waals surface area (Å²) in [7, 11) is 5.11. The highest BCUT2D eigenvalue weighted by Gasteiger charge is 1.86. The molecule has 0 bridgehead atoms. The van der Waals surface area contributed by atoms with Gasteiger partial charge in [0.2, 0.25) is 0 Å². The maximum Gasteiger partial charge on any atom is 0.0561 e. The Hall–Kier alpha value is 0.620. The third kappa shape index (κ3) is 8.62. The van der Waals surface area contributed by atoms with Crippen molar-refractivity contribution in [2.45, 2.75) is 0 Å². The normalized spacial score (nSPS) is 10.0. The lowest BCUT2D eigenvalue weighted by Gasteiger charge is -1.96. The molecule has 0 saturated heterocycles. The van der Waals surface area contributed by atoms with Crippen LogP contribution in [0.5, 0.6) is 0 Å². The average molecular weight is 168 g/mol. The molecule has 1 N–H and O–H groups in total. The predicted octanol–water partition coefficient (Wildman–Crippen LogP) is 1.01. The van der Waals surface area contributed by atoms with Gasteiger partial charge >= 0.3 is 0 Å². The van der Waals surface area contributed by atoms with Crippen LogP contribution in [0.15, 0.2) is 0 Å². The molecular formula is C5H12O2S2. The van der Waals surface area contributed by atoms with Crippen LogP contribution in [0.1, 0.15) is 0 Å². The summed E-state index contributed by atoms with van der Waals surface area (Å²) < 4.78 is 4.83. The molecule has 0 aliphatic heterocycles. The molecule has 0 saturated carbocycles. The summed E-state index contributed by atoms with van der Waals surface area (Å²) in [4.78, 5) is 0. The summed E-state index contributed by atoms with van der Waals surface area (Å²) in [6.45, 7) is 1.06. The van der Waals surface area contributed by atoms with Gasteiger partial charge in [-0.05, 0) is 0 Å². The molecule has 0 radical (unpaired) electrons. The minimum atomic E-state index is 0.269. The van der Waals surface area contributed by atoms with Gasteiger partial charge in [0.05, 0.1) is 13.2 Å². The van der Waals surface area contributed by atoms with Gasteiger partial charge in [-0.15, -0.1) is 0 Å². The van der Waals surface area contributed by atoms with Gasteiger partial charge in [-0.2, -0.15) is 0 Å². The summed E-state index contributed by atoms with van der Waals surface area (Å²) in [6, 6.07) is 0. The highest BCUT2D eigenvalue weighted by molar-refractivity contribution is 8.76. The van der Waals surface area contributed by atoms with Crippen LogP contribution in [-0.2, 0) is 4.74 Å². The van der Waals surface area contributed by atoms with Gasteiger partial charge in [0.25, 0.3) is 0 Å². The van der Waals surface area contributed by atoms with Crippen LogP contribution in [0.4, 0.5) is 0 Å². The van der Waals surface area contributed by atoms with Crippen LogP contribution in [0.3, 0.4) is 0 Å². The van der Waals surface area contributed by atoms with E-state index in [4.69, 9.17) is 9.84 Å². The molecule has 0 aromatic carbocycles. The molecule has 0 aliphatic carbocycles. The lowest BCUT2D eigenvalue weighted by Crippen LogP contribution is -1.90. The van der Waals surface area contributed by atoms with Gasteiger partial charge in [-0.25, -0.2) is 0 Å². The van der Waals surface area contributed by atoms with E-state index in [1.807, 2.05) is 0 Å². The van der Waals surface area contributed by atoms with Crippen molar-refractivity contribution >= 4 is 21.6 Å². The lowest BCUT2D eigenvalue weighted by molar-refractivity contribution is 0.219. The highest BCUT2D eigenvalue weighted by Crippen LogP contribution is 2.19. The Balaban J connectivity index is 2.60. The second-order valence-corrected chi connectivity index (χ2v) is 4.06. The van der Waals surface area contributed by atoms with Crippen LogP contribution in [0.25, 0.3) is 0 Å². The van der Waals surface area contributed by atoms with Crippen molar-refractivity contribution in [2.24, 2.45) is 0 Å². The van der Waals surface area contributed by atoms with Crippen molar-refractivity contribution in [3.63, 3.8) is 0 Å². The van der Waals surface area contributed by atoms with E-state index in [9.17, 15) is 0 Å². The Morgan fingerprint density at radius 3 is 2.56 bits per heavy atom. The molecule has 0 unspecified atom stereocenters. The third-order valence-corrected chi connectivity index (χ3v) is 2.98. The molecule has 4 heteroatoms. The molecule has 0 rings (SSSR count). The predicted molar refractivity (Wildman–Crippen MR) is 43.9 cm³/mol. The van der Waals surface area contributed by atoms with E-state index in [-0.39, 0.29) is 6.61 Å². The second kappa shape index (κ2) is 8.62. The van der Waals surface area contributed by atoms with Crippen molar-refractivity contribution in [2.75, 3.05) is 31.8 Å². The Kier molecular flexibility index (Phi) is 9.21. The number of aliphatic hydroxyl groups is 1. The summed E-state index contributed by atoms with van der Waals surface area (Å²) in [6.07, 6.45) is 0. The molecule has 0 heterocycles. The smallest absolute Gasteiger partial charge is 0.0561 e. The Labute approximate surface area is 63.8 Å². The number of ether oxygens (including phenoxy) is 1. The van der Waals surface area contributed by atoms with Gasteiger partial charge in [-0.1, -0.05) is 21.6 Å². The van der Waals surface area contributed by atoms with Crippen LogP contribution >= 0.6 is 21.6 Å². The zero-order valence-electron chi connectivity index (χ0n) is 5.50. The number of methoxy groups -OCH3 is 1. The molecule has 56 valence electrons. The zero-order chi connectivity index (χ0) is 6.95. The minimum absolute atomic E-state index is 0.269. The standard InChI is InChI=1S/C5H12O2S2/c1-7-3-5-9-8-4-2-6/h6H,2-5H2,1H3. The molecular weight excluding hydrogens is 156 g/mol.